The van der Waals surface area contributed by atoms with Gasteiger partial charge in [0.15, 0.2) is 0 Å². The van der Waals surface area contributed by atoms with Crippen molar-refractivity contribution in [2.45, 2.75) is 44.1 Å². The van der Waals surface area contributed by atoms with E-state index < -0.39 is 0 Å². The summed E-state index contributed by atoms with van der Waals surface area (Å²) in [5.74, 6) is 0.695. The third kappa shape index (κ3) is 2.88. The monoisotopic (exact) mass is 350 g/mol. The maximum Gasteiger partial charge on any atom is 0.224 e. The third-order valence-corrected chi connectivity index (χ3v) is 5.79. The lowest BCUT2D eigenvalue weighted by Gasteiger charge is -2.44. The molecule has 4 heteroatoms. The van der Waals surface area contributed by atoms with Gasteiger partial charge in [0, 0.05) is 10.4 Å². The zero-order chi connectivity index (χ0) is 14.9. The van der Waals surface area contributed by atoms with Crippen LogP contribution in [0.2, 0.25) is 0 Å². The van der Waals surface area contributed by atoms with E-state index in [1.807, 2.05) is 0 Å². The molecule has 1 amide bonds. The van der Waals surface area contributed by atoms with E-state index in [9.17, 15) is 4.79 Å². The van der Waals surface area contributed by atoms with Crippen molar-refractivity contribution in [3.05, 3.63) is 34.3 Å². The van der Waals surface area contributed by atoms with Crippen molar-refractivity contribution in [2.75, 3.05) is 6.54 Å². The molecule has 114 valence electrons. The van der Waals surface area contributed by atoms with E-state index in [-0.39, 0.29) is 17.4 Å². The smallest absolute Gasteiger partial charge is 0.224 e. The number of hydrogen-bond acceptors (Lipinski definition) is 2. The molecule has 2 aliphatic carbocycles. The molecule has 0 saturated heterocycles. The van der Waals surface area contributed by atoms with Gasteiger partial charge in [-0.05, 0) is 62.3 Å². The number of hydrogen-bond donors (Lipinski definition) is 2. The van der Waals surface area contributed by atoms with Crippen molar-refractivity contribution >= 4 is 21.8 Å². The summed E-state index contributed by atoms with van der Waals surface area (Å²) in [4.78, 5) is 12.7. The number of nitrogens with one attached hydrogen (secondary N) is 1. The van der Waals surface area contributed by atoms with Gasteiger partial charge in [0.1, 0.15) is 0 Å². The van der Waals surface area contributed by atoms with Crippen LogP contribution >= 0.6 is 15.9 Å². The number of carbonyl (C=O) groups is 1. The van der Waals surface area contributed by atoms with Gasteiger partial charge >= 0.3 is 0 Å². The van der Waals surface area contributed by atoms with Crippen molar-refractivity contribution in [2.24, 2.45) is 17.6 Å². The Labute approximate surface area is 134 Å². The van der Waals surface area contributed by atoms with E-state index >= 15 is 0 Å². The highest BCUT2D eigenvalue weighted by Gasteiger charge is 2.42. The first kappa shape index (κ1) is 15.0. The maximum absolute atomic E-state index is 12.7. The van der Waals surface area contributed by atoms with Crippen LogP contribution in [0.25, 0.3) is 0 Å². The molecule has 0 radical (unpaired) electrons. The number of halogens is 1. The molecule has 3 rings (SSSR count). The summed E-state index contributed by atoms with van der Waals surface area (Å²) in [6.45, 7) is 0.628. The van der Waals surface area contributed by atoms with Gasteiger partial charge in [-0.3, -0.25) is 4.79 Å². The van der Waals surface area contributed by atoms with Crippen LogP contribution in [0.3, 0.4) is 0 Å². The third-order valence-electron chi connectivity index (χ3n) is 5.26. The van der Waals surface area contributed by atoms with Crippen molar-refractivity contribution < 1.29 is 4.79 Å². The minimum absolute atomic E-state index is 0.114. The van der Waals surface area contributed by atoms with Crippen LogP contribution in [-0.4, -0.2) is 12.5 Å². The highest BCUT2D eigenvalue weighted by Crippen LogP contribution is 2.42. The van der Waals surface area contributed by atoms with E-state index in [2.05, 4.69) is 45.5 Å². The molecule has 3 nitrogen and oxygen atoms in total. The lowest BCUT2D eigenvalue weighted by atomic mass is 9.71. The average Bonchev–Trinajstić information content (AvgIpc) is 2.92. The second kappa shape index (κ2) is 6.09. The Hall–Kier alpha value is -0.870. The first-order valence-corrected chi connectivity index (χ1v) is 8.72. The molecular weight excluding hydrogens is 328 g/mol. The summed E-state index contributed by atoms with van der Waals surface area (Å²) in [5, 5.41) is 3.36. The Morgan fingerprint density at radius 3 is 2.52 bits per heavy atom. The zero-order valence-electron chi connectivity index (χ0n) is 12.3. The lowest BCUT2D eigenvalue weighted by Crippen LogP contribution is -2.53. The molecule has 0 aromatic heterocycles. The summed E-state index contributed by atoms with van der Waals surface area (Å²) in [7, 11) is 0. The Balaban J connectivity index is 1.75. The highest BCUT2D eigenvalue weighted by molar-refractivity contribution is 9.10. The van der Waals surface area contributed by atoms with Crippen LogP contribution in [0, 0.1) is 11.8 Å². The number of rotatable bonds is 4. The van der Waals surface area contributed by atoms with E-state index in [4.69, 9.17) is 5.73 Å². The Kier molecular flexibility index (Phi) is 4.36. The first-order chi connectivity index (χ1) is 10.1. The van der Waals surface area contributed by atoms with Crippen LogP contribution in [0.15, 0.2) is 28.7 Å². The molecule has 0 heterocycles. The largest absolute Gasteiger partial charge is 0.346 e. The Morgan fingerprint density at radius 1 is 1.24 bits per heavy atom. The predicted octanol–water partition coefficient (Wildman–Crippen LogP) is 3.32. The predicted molar refractivity (Wildman–Crippen MR) is 87.7 cm³/mol. The summed E-state index contributed by atoms with van der Waals surface area (Å²) >= 11 is 3.47. The molecular formula is C17H23BrN2O. The molecule has 0 aliphatic heterocycles. The second-order valence-electron chi connectivity index (χ2n) is 6.46. The van der Waals surface area contributed by atoms with E-state index in [1.165, 1.54) is 12.0 Å². The van der Waals surface area contributed by atoms with E-state index in [1.54, 1.807) is 0 Å². The first-order valence-electron chi connectivity index (χ1n) is 7.93. The van der Waals surface area contributed by atoms with Gasteiger partial charge < -0.3 is 11.1 Å². The molecule has 2 aliphatic rings. The molecule has 2 fully saturated rings. The summed E-state index contributed by atoms with van der Waals surface area (Å²) in [6.07, 6.45) is 6.48. The Bertz CT molecular complexity index is 510. The van der Waals surface area contributed by atoms with Gasteiger partial charge in [0.05, 0.1) is 5.54 Å². The molecule has 2 atom stereocenters. The molecule has 2 saturated carbocycles. The standard InChI is InChI=1S/C17H23BrN2O/c18-14-7-5-13(6-8-14)17(9-2-10-17)20-16(21)15-4-1-3-12(15)11-19/h5-8,12,15H,1-4,9-11,19H2,(H,20,21)/t12-,15-/m1/s1. The topological polar surface area (TPSA) is 55.1 Å². The molecule has 21 heavy (non-hydrogen) atoms. The van der Waals surface area contributed by atoms with Gasteiger partial charge in [0.25, 0.3) is 0 Å². The van der Waals surface area contributed by atoms with Crippen LogP contribution in [0.4, 0.5) is 0 Å². The number of nitrogens with two attached hydrogens (primary N) is 1. The van der Waals surface area contributed by atoms with Gasteiger partial charge in [-0.25, -0.2) is 0 Å². The molecule has 0 spiro atoms. The molecule has 1 aromatic carbocycles. The van der Waals surface area contributed by atoms with Crippen LogP contribution in [0.1, 0.15) is 44.1 Å². The van der Waals surface area contributed by atoms with Gasteiger partial charge in [-0.15, -0.1) is 0 Å². The van der Waals surface area contributed by atoms with Crippen LogP contribution in [-0.2, 0) is 10.3 Å². The number of benzene rings is 1. The minimum Gasteiger partial charge on any atom is -0.346 e. The highest BCUT2D eigenvalue weighted by atomic mass is 79.9. The summed E-state index contributed by atoms with van der Waals surface area (Å²) in [6, 6.07) is 8.36. The van der Waals surface area contributed by atoms with Crippen LogP contribution < -0.4 is 11.1 Å². The Morgan fingerprint density at radius 2 is 1.95 bits per heavy atom. The van der Waals surface area contributed by atoms with Gasteiger partial charge in [-0.2, -0.15) is 0 Å². The van der Waals surface area contributed by atoms with Crippen molar-refractivity contribution in [3.8, 4) is 0 Å². The zero-order valence-corrected chi connectivity index (χ0v) is 13.9. The summed E-state index contributed by atoms with van der Waals surface area (Å²) < 4.78 is 1.08. The fourth-order valence-electron chi connectivity index (χ4n) is 3.78. The average molecular weight is 351 g/mol. The van der Waals surface area contributed by atoms with Gasteiger partial charge in [-0.1, -0.05) is 34.5 Å². The lowest BCUT2D eigenvalue weighted by molar-refractivity contribution is -0.129. The fourth-order valence-corrected chi connectivity index (χ4v) is 4.04. The van der Waals surface area contributed by atoms with Crippen molar-refractivity contribution in [3.63, 3.8) is 0 Å². The number of carbonyl (C=O) groups excluding carboxylic acids is 1. The van der Waals surface area contributed by atoms with Crippen LogP contribution in [0.5, 0.6) is 0 Å². The van der Waals surface area contributed by atoms with Crippen molar-refractivity contribution in [1.29, 1.82) is 0 Å². The fraction of sp³-hybridized carbons (Fsp3) is 0.588. The second-order valence-corrected chi connectivity index (χ2v) is 7.38. The molecule has 0 bridgehead atoms. The molecule has 0 unspecified atom stereocenters. The molecule has 1 aromatic rings. The molecule has 3 N–H and O–H groups in total. The maximum atomic E-state index is 12.7. The normalized spacial score (nSPS) is 27.1. The SMILES string of the molecule is NC[C@H]1CCC[C@H]1C(=O)NC1(c2ccc(Br)cc2)CCC1. The van der Waals surface area contributed by atoms with E-state index in [0.717, 1.165) is 36.6 Å². The van der Waals surface area contributed by atoms with Gasteiger partial charge in [0.2, 0.25) is 5.91 Å². The number of amides is 1. The summed E-state index contributed by atoms with van der Waals surface area (Å²) in [5.41, 5.74) is 6.90. The minimum atomic E-state index is -0.139. The van der Waals surface area contributed by atoms with Crippen molar-refractivity contribution in [1.82, 2.24) is 5.32 Å². The quantitative estimate of drug-likeness (QED) is 0.874. The van der Waals surface area contributed by atoms with E-state index in [0.29, 0.717) is 12.5 Å².